The van der Waals surface area contributed by atoms with Gasteiger partial charge in [0.25, 0.3) is 0 Å². The van der Waals surface area contributed by atoms with E-state index in [-0.39, 0.29) is 12.2 Å². The van der Waals surface area contributed by atoms with Crippen LogP contribution in [0.2, 0.25) is 5.02 Å². The third kappa shape index (κ3) is 4.41. The molecule has 5 heteroatoms. The molecule has 0 aliphatic rings. The molecule has 0 aliphatic heterocycles. The van der Waals surface area contributed by atoms with Crippen molar-refractivity contribution in [1.82, 2.24) is 5.32 Å². The van der Waals surface area contributed by atoms with Crippen LogP contribution in [0.25, 0.3) is 0 Å². The van der Waals surface area contributed by atoms with Crippen LogP contribution in [0.4, 0.5) is 8.78 Å². The lowest BCUT2D eigenvalue weighted by Gasteiger charge is -2.10. The van der Waals surface area contributed by atoms with Crippen LogP contribution in [0.5, 0.6) is 5.75 Å². The predicted molar refractivity (Wildman–Crippen MR) is 79.5 cm³/mol. The van der Waals surface area contributed by atoms with Crippen molar-refractivity contribution in [2.45, 2.75) is 20.1 Å². The number of rotatable bonds is 6. The van der Waals surface area contributed by atoms with Crippen LogP contribution in [0.3, 0.4) is 0 Å². The smallest absolute Gasteiger partial charge is 0.138 e. The molecule has 0 spiro atoms. The van der Waals surface area contributed by atoms with Gasteiger partial charge in [-0.05, 0) is 42.4 Å². The van der Waals surface area contributed by atoms with Crippen molar-refractivity contribution in [2.24, 2.45) is 0 Å². The van der Waals surface area contributed by atoms with Gasteiger partial charge in [-0.1, -0.05) is 24.6 Å². The standard InChI is InChI=1S/C16H16ClF2NO/c1-2-20-9-11-3-6-16(14(17)7-11)21-10-12-8-13(18)4-5-15(12)19/h3-8,20H,2,9-10H2,1H3. The summed E-state index contributed by atoms with van der Waals surface area (Å²) in [5, 5.41) is 3.64. The van der Waals surface area contributed by atoms with E-state index in [0.717, 1.165) is 36.9 Å². The van der Waals surface area contributed by atoms with Gasteiger partial charge in [-0.3, -0.25) is 0 Å². The lowest BCUT2D eigenvalue weighted by molar-refractivity contribution is 0.299. The van der Waals surface area contributed by atoms with Crippen LogP contribution in [-0.4, -0.2) is 6.54 Å². The topological polar surface area (TPSA) is 21.3 Å². The summed E-state index contributed by atoms with van der Waals surface area (Å²) in [6.07, 6.45) is 0. The number of ether oxygens (including phenoxy) is 1. The second-order valence-corrected chi connectivity index (χ2v) is 4.98. The Hall–Kier alpha value is -1.65. The van der Waals surface area contributed by atoms with Crippen LogP contribution in [0.15, 0.2) is 36.4 Å². The van der Waals surface area contributed by atoms with Gasteiger partial charge >= 0.3 is 0 Å². The quantitative estimate of drug-likeness (QED) is 0.858. The molecule has 0 aliphatic carbocycles. The molecule has 2 aromatic rings. The van der Waals surface area contributed by atoms with Crippen molar-refractivity contribution in [3.05, 3.63) is 64.2 Å². The fraction of sp³-hybridized carbons (Fsp3) is 0.250. The monoisotopic (exact) mass is 311 g/mol. The third-order valence-corrected chi connectivity index (χ3v) is 3.26. The first kappa shape index (κ1) is 15.7. The molecule has 0 heterocycles. The highest BCUT2D eigenvalue weighted by molar-refractivity contribution is 6.32. The zero-order valence-electron chi connectivity index (χ0n) is 11.6. The summed E-state index contributed by atoms with van der Waals surface area (Å²) < 4.78 is 32.0. The van der Waals surface area contributed by atoms with Gasteiger partial charge in [0.2, 0.25) is 0 Å². The van der Waals surface area contributed by atoms with Crippen LogP contribution in [0.1, 0.15) is 18.1 Å². The first-order valence-corrected chi connectivity index (χ1v) is 7.04. The maximum absolute atomic E-state index is 13.5. The molecule has 0 aromatic heterocycles. The second-order valence-electron chi connectivity index (χ2n) is 4.57. The van der Waals surface area contributed by atoms with E-state index in [9.17, 15) is 8.78 Å². The van der Waals surface area contributed by atoms with Gasteiger partial charge in [-0.2, -0.15) is 0 Å². The van der Waals surface area contributed by atoms with E-state index < -0.39 is 11.6 Å². The average Bonchev–Trinajstić information content (AvgIpc) is 2.47. The Morgan fingerprint density at radius 3 is 2.67 bits per heavy atom. The largest absolute Gasteiger partial charge is 0.487 e. The molecule has 0 unspecified atom stereocenters. The van der Waals surface area contributed by atoms with Gasteiger partial charge in [-0.25, -0.2) is 8.78 Å². The molecule has 0 fully saturated rings. The van der Waals surface area contributed by atoms with E-state index in [4.69, 9.17) is 16.3 Å². The molecule has 0 saturated heterocycles. The van der Waals surface area contributed by atoms with Crippen molar-refractivity contribution in [2.75, 3.05) is 6.54 Å². The lowest BCUT2D eigenvalue weighted by Crippen LogP contribution is -2.11. The molecule has 2 rings (SSSR count). The fourth-order valence-electron chi connectivity index (χ4n) is 1.85. The SMILES string of the molecule is CCNCc1ccc(OCc2cc(F)ccc2F)c(Cl)c1. The van der Waals surface area contributed by atoms with E-state index in [1.54, 1.807) is 12.1 Å². The summed E-state index contributed by atoms with van der Waals surface area (Å²) in [6.45, 7) is 3.53. The molecule has 0 atom stereocenters. The molecular formula is C16H16ClF2NO. The highest BCUT2D eigenvalue weighted by atomic mass is 35.5. The van der Waals surface area contributed by atoms with Crippen LogP contribution >= 0.6 is 11.6 Å². The molecule has 0 amide bonds. The molecule has 0 radical (unpaired) electrons. The van der Waals surface area contributed by atoms with Gasteiger partial charge in [0.15, 0.2) is 0 Å². The first-order valence-electron chi connectivity index (χ1n) is 6.66. The Balaban J connectivity index is 2.04. The number of hydrogen-bond donors (Lipinski definition) is 1. The third-order valence-electron chi connectivity index (χ3n) is 2.97. The van der Waals surface area contributed by atoms with Crippen molar-refractivity contribution in [3.63, 3.8) is 0 Å². The predicted octanol–water partition coefficient (Wildman–Crippen LogP) is 4.31. The number of hydrogen-bond acceptors (Lipinski definition) is 2. The number of benzene rings is 2. The Kier molecular flexibility index (Phi) is 5.53. The van der Waals surface area contributed by atoms with E-state index in [2.05, 4.69) is 5.32 Å². The highest BCUT2D eigenvalue weighted by Crippen LogP contribution is 2.26. The summed E-state index contributed by atoms with van der Waals surface area (Å²) in [5.41, 5.74) is 1.19. The van der Waals surface area contributed by atoms with Gasteiger partial charge in [0.05, 0.1) is 5.02 Å². The Morgan fingerprint density at radius 1 is 1.14 bits per heavy atom. The molecule has 2 nitrogen and oxygen atoms in total. The molecular weight excluding hydrogens is 296 g/mol. The first-order chi connectivity index (χ1) is 10.1. The van der Waals surface area contributed by atoms with Gasteiger partial charge in [0, 0.05) is 12.1 Å². The van der Waals surface area contributed by atoms with E-state index in [1.165, 1.54) is 0 Å². The summed E-state index contributed by atoms with van der Waals surface area (Å²) in [6, 6.07) is 8.67. The summed E-state index contributed by atoms with van der Waals surface area (Å²) >= 11 is 6.13. The lowest BCUT2D eigenvalue weighted by atomic mass is 10.2. The number of nitrogens with one attached hydrogen (secondary N) is 1. The Bertz CT molecular complexity index is 619. The maximum atomic E-state index is 13.5. The zero-order valence-corrected chi connectivity index (χ0v) is 12.4. The van der Waals surface area contributed by atoms with E-state index >= 15 is 0 Å². The van der Waals surface area contributed by atoms with E-state index in [1.807, 2.05) is 13.0 Å². The Morgan fingerprint density at radius 2 is 1.95 bits per heavy atom. The van der Waals surface area contributed by atoms with Crippen LogP contribution in [-0.2, 0) is 13.2 Å². The summed E-state index contributed by atoms with van der Waals surface area (Å²) in [7, 11) is 0. The summed E-state index contributed by atoms with van der Waals surface area (Å²) in [4.78, 5) is 0. The fourth-order valence-corrected chi connectivity index (χ4v) is 2.11. The van der Waals surface area contributed by atoms with Crippen LogP contribution < -0.4 is 10.1 Å². The van der Waals surface area contributed by atoms with Gasteiger partial charge in [-0.15, -0.1) is 0 Å². The molecule has 2 aromatic carbocycles. The average molecular weight is 312 g/mol. The van der Waals surface area contributed by atoms with E-state index in [0.29, 0.717) is 10.8 Å². The van der Waals surface area contributed by atoms with Crippen LogP contribution in [0, 0.1) is 11.6 Å². The highest BCUT2D eigenvalue weighted by Gasteiger charge is 2.07. The van der Waals surface area contributed by atoms with Crippen molar-refractivity contribution in [1.29, 1.82) is 0 Å². The van der Waals surface area contributed by atoms with Crippen molar-refractivity contribution >= 4 is 11.6 Å². The molecule has 21 heavy (non-hydrogen) atoms. The maximum Gasteiger partial charge on any atom is 0.138 e. The van der Waals surface area contributed by atoms with Crippen molar-refractivity contribution in [3.8, 4) is 5.75 Å². The molecule has 0 saturated carbocycles. The minimum absolute atomic E-state index is 0.0735. The molecule has 112 valence electrons. The second kappa shape index (κ2) is 7.38. The summed E-state index contributed by atoms with van der Waals surface area (Å²) in [5.74, 6) is -0.557. The Labute approximate surface area is 127 Å². The number of halogens is 3. The minimum atomic E-state index is -0.503. The normalized spacial score (nSPS) is 10.7. The van der Waals surface area contributed by atoms with Gasteiger partial charge in [0.1, 0.15) is 24.0 Å². The minimum Gasteiger partial charge on any atom is -0.487 e. The zero-order chi connectivity index (χ0) is 15.2. The molecule has 0 bridgehead atoms. The molecule has 1 N–H and O–H groups in total. The van der Waals surface area contributed by atoms with Gasteiger partial charge < -0.3 is 10.1 Å². The van der Waals surface area contributed by atoms with Crippen molar-refractivity contribution < 1.29 is 13.5 Å².